The fourth-order valence-electron chi connectivity index (χ4n) is 6.92. The molecular weight excluding hydrogens is 530 g/mol. The van der Waals surface area contributed by atoms with Crippen LogP contribution in [0.1, 0.15) is 48.8 Å². The van der Waals surface area contributed by atoms with E-state index in [-0.39, 0.29) is 30.9 Å². The van der Waals surface area contributed by atoms with Gasteiger partial charge in [-0.15, -0.1) is 0 Å². The molecule has 2 N–H and O–H groups in total. The van der Waals surface area contributed by atoms with Gasteiger partial charge in [-0.1, -0.05) is 85.8 Å². The first kappa shape index (κ1) is 28.0. The molecule has 3 aliphatic rings. The highest BCUT2D eigenvalue weighted by Crippen LogP contribution is 2.44. The predicted octanol–water partition coefficient (Wildman–Crippen LogP) is 4.88. The van der Waals surface area contributed by atoms with E-state index in [0.29, 0.717) is 32.5 Å². The van der Waals surface area contributed by atoms with E-state index >= 15 is 0 Å². The molecule has 6 rings (SSSR count). The molecule has 0 saturated carbocycles. The molecule has 2 saturated heterocycles. The highest BCUT2D eigenvalue weighted by Gasteiger charge is 2.51. The molecule has 42 heavy (non-hydrogen) atoms. The quantitative estimate of drug-likeness (QED) is 0.422. The molecule has 3 aromatic rings. The number of benzene rings is 3. The van der Waals surface area contributed by atoms with Crippen molar-refractivity contribution >= 4 is 18.0 Å². The maximum Gasteiger partial charge on any atom is 0.408 e. The summed E-state index contributed by atoms with van der Waals surface area (Å²) in [5, 5.41) is 12.9. The minimum atomic E-state index is -1.27. The van der Waals surface area contributed by atoms with Gasteiger partial charge in [-0.25, -0.2) is 9.59 Å². The lowest BCUT2D eigenvalue weighted by molar-refractivity contribution is -0.156. The average molecular weight is 568 g/mol. The van der Waals surface area contributed by atoms with Crippen molar-refractivity contribution in [2.75, 3.05) is 26.2 Å². The number of carboxylic acids is 1. The molecule has 0 radical (unpaired) electrons. The number of nitrogens with one attached hydrogen (secondary N) is 1. The summed E-state index contributed by atoms with van der Waals surface area (Å²) in [6.45, 7) is 4.00. The Morgan fingerprint density at radius 1 is 0.929 bits per heavy atom. The van der Waals surface area contributed by atoms with Crippen LogP contribution in [0.4, 0.5) is 4.79 Å². The van der Waals surface area contributed by atoms with Crippen molar-refractivity contribution in [1.82, 2.24) is 15.1 Å². The second kappa shape index (κ2) is 11.6. The van der Waals surface area contributed by atoms with Crippen LogP contribution in [0.2, 0.25) is 0 Å². The van der Waals surface area contributed by atoms with Gasteiger partial charge in [0.1, 0.15) is 18.2 Å². The summed E-state index contributed by atoms with van der Waals surface area (Å²) in [6.07, 6.45) is 0.838. The Morgan fingerprint density at radius 3 is 2.24 bits per heavy atom. The van der Waals surface area contributed by atoms with E-state index in [2.05, 4.69) is 34.5 Å². The van der Waals surface area contributed by atoms with Crippen LogP contribution in [0, 0.1) is 5.92 Å². The van der Waals surface area contributed by atoms with Gasteiger partial charge in [-0.05, 0) is 53.0 Å². The number of fused-ring (bicyclic) bond motifs is 3. The standard InChI is InChI=1S/C34H37N3O5/c1-23-15-17-37(30(19-23)31(38)39)32(40)34(16-18-36(22-34)20-24-9-3-2-4-10-24)35-33(41)42-21-29-27-13-7-5-11-25(27)26-12-6-8-14-28(26)29/h2-14,23,29-30H,15-22H2,1H3,(H,35,41)(H,38,39). The van der Waals surface area contributed by atoms with Crippen LogP contribution >= 0.6 is 0 Å². The average Bonchev–Trinajstić information content (AvgIpc) is 3.55. The summed E-state index contributed by atoms with van der Waals surface area (Å²) in [7, 11) is 0. The molecular formula is C34H37N3O5. The number of carbonyl (C=O) groups is 3. The molecule has 3 aromatic carbocycles. The molecule has 2 aliphatic heterocycles. The van der Waals surface area contributed by atoms with Gasteiger partial charge in [-0.2, -0.15) is 0 Å². The fourth-order valence-corrected chi connectivity index (χ4v) is 6.92. The molecule has 8 heteroatoms. The molecule has 218 valence electrons. The second-order valence-electron chi connectivity index (χ2n) is 12.0. The number of nitrogens with zero attached hydrogens (tertiary/aromatic N) is 2. The Labute approximate surface area is 246 Å². The Morgan fingerprint density at radius 2 is 1.57 bits per heavy atom. The van der Waals surface area contributed by atoms with Gasteiger partial charge in [0.2, 0.25) is 0 Å². The Balaban J connectivity index is 1.22. The summed E-state index contributed by atoms with van der Waals surface area (Å²) in [5.74, 6) is -1.25. The van der Waals surface area contributed by atoms with Crippen LogP contribution in [-0.4, -0.2) is 70.7 Å². The number of hydrogen-bond donors (Lipinski definition) is 2. The van der Waals surface area contributed by atoms with Crippen LogP contribution in [-0.2, 0) is 20.9 Å². The van der Waals surface area contributed by atoms with E-state index in [1.54, 1.807) is 0 Å². The largest absolute Gasteiger partial charge is 0.480 e. The van der Waals surface area contributed by atoms with Gasteiger partial charge in [0, 0.05) is 32.1 Å². The van der Waals surface area contributed by atoms with Crippen molar-refractivity contribution in [3.05, 3.63) is 95.6 Å². The Kier molecular flexibility index (Phi) is 7.73. The number of likely N-dealkylation sites (tertiary alicyclic amines) is 2. The predicted molar refractivity (Wildman–Crippen MR) is 159 cm³/mol. The van der Waals surface area contributed by atoms with Crippen molar-refractivity contribution in [3.63, 3.8) is 0 Å². The molecule has 3 atom stereocenters. The van der Waals surface area contributed by atoms with Gasteiger partial charge in [0.05, 0.1) is 0 Å². The Bertz CT molecular complexity index is 1430. The summed E-state index contributed by atoms with van der Waals surface area (Å²) in [6, 6.07) is 25.4. The van der Waals surface area contributed by atoms with Crippen LogP contribution < -0.4 is 5.32 Å². The molecule has 2 heterocycles. The van der Waals surface area contributed by atoms with Gasteiger partial charge in [-0.3, -0.25) is 9.69 Å². The zero-order valence-corrected chi connectivity index (χ0v) is 23.9. The lowest BCUT2D eigenvalue weighted by atomic mass is 9.88. The van der Waals surface area contributed by atoms with Crippen molar-refractivity contribution < 1.29 is 24.2 Å². The third kappa shape index (κ3) is 5.39. The first-order chi connectivity index (χ1) is 20.3. The summed E-state index contributed by atoms with van der Waals surface area (Å²) in [4.78, 5) is 43.5. The number of carbonyl (C=O) groups excluding carboxylic acids is 2. The van der Waals surface area contributed by atoms with E-state index < -0.39 is 23.6 Å². The molecule has 8 nitrogen and oxygen atoms in total. The number of rotatable bonds is 7. The number of amides is 2. The molecule has 2 amide bonds. The number of ether oxygens (including phenoxy) is 1. The molecule has 1 aliphatic carbocycles. The van der Waals surface area contributed by atoms with Crippen molar-refractivity contribution in [2.45, 2.75) is 50.2 Å². The Hall–Kier alpha value is -4.17. The van der Waals surface area contributed by atoms with Gasteiger partial charge < -0.3 is 20.1 Å². The molecule has 0 bridgehead atoms. The lowest BCUT2D eigenvalue weighted by Crippen LogP contribution is -2.64. The van der Waals surface area contributed by atoms with E-state index in [4.69, 9.17) is 4.74 Å². The van der Waals surface area contributed by atoms with Crippen molar-refractivity contribution in [1.29, 1.82) is 0 Å². The van der Waals surface area contributed by atoms with Gasteiger partial charge in [0.25, 0.3) is 5.91 Å². The minimum Gasteiger partial charge on any atom is -0.480 e. The van der Waals surface area contributed by atoms with Crippen molar-refractivity contribution in [2.24, 2.45) is 5.92 Å². The normalized spacial score (nSPS) is 23.7. The zero-order chi connectivity index (χ0) is 29.3. The SMILES string of the molecule is CC1CCN(C(=O)C2(NC(=O)OCC3c4ccccc4-c4ccccc43)CCN(Cc3ccccc3)C2)C(C(=O)O)C1. The molecule has 0 spiro atoms. The smallest absolute Gasteiger partial charge is 0.408 e. The first-order valence-electron chi connectivity index (χ1n) is 14.8. The summed E-state index contributed by atoms with van der Waals surface area (Å²) < 4.78 is 5.85. The highest BCUT2D eigenvalue weighted by molar-refractivity contribution is 5.93. The number of carboxylic acid groups (broad SMARTS) is 1. The van der Waals surface area contributed by atoms with Gasteiger partial charge >= 0.3 is 12.1 Å². The second-order valence-corrected chi connectivity index (χ2v) is 12.0. The molecule has 0 aromatic heterocycles. The highest BCUT2D eigenvalue weighted by atomic mass is 16.5. The summed E-state index contributed by atoms with van der Waals surface area (Å²) >= 11 is 0. The third-order valence-corrected chi connectivity index (χ3v) is 9.10. The molecule has 2 fully saturated rings. The van der Waals surface area contributed by atoms with E-state index in [9.17, 15) is 19.5 Å². The van der Waals surface area contributed by atoms with Gasteiger partial charge in [0.15, 0.2) is 0 Å². The van der Waals surface area contributed by atoms with Crippen LogP contribution in [0.5, 0.6) is 0 Å². The van der Waals surface area contributed by atoms with Crippen LogP contribution in [0.3, 0.4) is 0 Å². The maximum absolute atomic E-state index is 14.2. The maximum atomic E-state index is 14.2. The fraction of sp³-hybridized carbons (Fsp3) is 0.382. The number of hydrogen-bond acceptors (Lipinski definition) is 5. The van der Waals surface area contributed by atoms with E-state index in [1.807, 2.05) is 61.5 Å². The third-order valence-electron chi connectivity index (χ3n) is 9.10. The monoisotopic (exact) mass is 567 g/mol. The van der Waals surface area contributed by atoms with Crippen LogP contribution in [0.25, 0.3) is 11.1 Å². The minimum absolute atomic E-state index is 0.104. The van der Waals surface area contributed by atoms with E-state index in [1.165, 1.54) is 4.90 Å². The number of alkyl carbamates (subject to hydrolysis) is 1. The number of piperidine rings is 1. The van der Waals surface area contributed by atoms with Crippen LogP contribution in [0.15, 0.2) is 78.9 Å². The number of aliphatic carboxylic acids is 1. The first-order valence-corrected chi connectivity index (χ1v) is 14.8. The van der Waals surface area contributed by atoms with E-state index in [0.717, 1.165) is 34.2 Å². The molecule has 3 unspecified atom stereocenters. The summed E-state index contributed by atoms with van der Waals surface area (Å²) in [5.41, 5.74) is 4.33. The lowest BCUT2D eigenvalue weighted by Gasteiger charge is -2.41. The van der Waals surface area contributed by atoms with Crippen molar-refractivity contribution in [3.8, 4) is 11.1 Å². The zero-order valence-electron chi connectivity index (χ0n) is 23.9. The topological polar surface area (TPSA) is 99.2 Å².